The number of ether oxygens (including phenoxy) is 1. The van der Waals surface area contributed by atoms with Gasteiger partial charge in [-0.1, -0.05) is 0 Å². The van der Waals surface area contributed by atoms with E-state index >= 15 is 0 Å². The summed E-state index contributed by atoms with van der Waals surface area (Å²) in [6.45, 7) is 0.167. The molecule has 0 aromatic carbocycles. The van der Waals surface area contributed by atoms with Crippen LogP contribution in [0.1, 0.15) is 15.9 Å². The second-order valence-corrected chi connectivity index (χ2v) is 6.19. The van der Waals surface area contributed by atoms with Crippen LogP contribution in [0.15, 0.2) is 30.6 Å². The minimum absolute atomic E-state index is 0.0720. The van der Waals surface area contributed by atoms with Crippen molar-refractivity contribution in [1.29, 1.82) is 0 Å². The van der Waals surface area contributed by atoms with E-state index in [4.69, 9.17) is 9.84 Å². The molecule has 2 aromatic heterocycles. The van der Waals surface area contributed by atoms with Gasteiger partial charge < -0.3 is 24.7 Å². The molecule has 9 nitrogen and oxygen atoms in total. The summed E-state index contributed by atoms with van der Waals surface area (Å²) in [6, 6.07) is 3.95. The molecule has 2 N–H and O–H groups in total. The standard InChI is InChI=1S/C18H19FN4O5/c19-15-7-20-4-3-13(15)11-28-16-2-1-12(9-24)17(21-16)23-6-5-22(18(26)27)8-14(23)10-25/h1-4,7,9,14,25H,5-6,8,10-11H2,(H,26,27). The summed E-state index contributed by atoms with van der Waals surface area (Å²) in [6.07, 6.45) is 2.09. The number of rotatable bonds is 6. The molecule has 1 fully saturated rings. The highest BCUT2D eigenvalue weighted by Crippen LogP contribution is 2.25. The molecular formula is C18H19FN4O5. The molecule has 3 rings (SSSR count). The molecule has 1 atom stereocenters. The monoisotopic (exact) mass is 390 g/mol. The van der Waals surface area contributed by atoms with Crippen molar-refractivity contribution in [2.45, 2.75) is 12.6 Å². The Morgan fingerprint density at radius 3 is 2.86 bits per heavy atom. The van der Waals surface area contributed by atoms with Crippen molar-refractivity contribution in [2.75, 3.05) is 31.1 Å². The number of halogens is 1. The van der Waals surface area contributed by atoms with E-state index in [0.717, 1.165) is 6.20 Å². The fraction of sp³-hybridized carbons (Fsp3) is 0.333. The molecule has 1 unspecified atom stereocenters. The van der Waals surface area contributed by atoms with Crippen LogP contribution in [0.3, 0.4) is 0 Å². The van der Waals surface area contributed by atoms with Crippen LogP contribution in [0.5, 0.6) is 5.88 Å². The van der Waals surface area contributed by atoms with Gasteiger partial charge in [0, 0.05) is 37.5 Å². The Morgan fingerprint density at radius 1 is 1.36 bits per heavy atom. The molecule has 3 heterocycles. The summed E-state index contributed by atoms with van der Waals surface area (Å²) in [5.74, 6) is -0.0432. The Bertz CT molecular complexity index is 866. The van der Waals surface area contributed by atoms with Gasteiger partial charge in [0.05, 0.1) is 24.4 Å². The van der Waals surface area contributed by atoms with Crippen molar-refractivity contribution < 1.29 is 28.9 Å². The maximum atomic E-state index is 13.7. The minimum Gasteiger partial charge on any atom is -0.473 e. The lowest BCUT2D eigenvalue weighted by Crippen LogP contribution is -2.56. The van der Waals surface area contributed by atoms with Crippen molar-refractivity contribution >= 4 is 18.2 Å². The fourth-order valence-corrected chi connectivity index (χ4v) is 2.98. The van der Waals surface area contributed by atoms with Crippen LogP contribution < -0.4 is 9.64 Å². The maximum absolute atomic E-state index is 13.7. The summed E-state index contributed by atoms with van der Waals surface area (Å²) in [5.41, 5.74) is 0.589. The molecule has 2 aromatic rings. The average molecular weight is 390 g/mol. The van der Waals surface area contributed by atoms with Crippen LogP contribution in [-0.2, 0) is 6.61 Å². The number of piperazine rings is 1. The highest BCUT2D eigenvalue weighted by Gasteiger charge is 2.31. The van der Waals surface area contributed by atoms with Crippen LogP contribution in [-0.4, -0.2) is 69.7 Å². The predicted octanol–water partition coefficient (Wildman–Crippen LogP) is 1.17. The third-order valence-electron chi connectivity index (χ3n) is 4.47. The number of aliphatic hydroxyl groups excluding tert-OH is 1. The van der Waals surface area contributed by atoms with Crippen LogP contribution >= 0.6 is 0 Å². The number of pyridine rings is 2. The number of hydrogen-bond acceptors (Lipinski definition) is 7. The molecule has 1 aliphatic rings. The van der Waals surface area contributed by atoms with E-state index in [9.17, 15) is 19.1 Å². The largest absolute Gasteiger partial charge is 0.473 e. The molecular weight excluding hydrogens is 371 g/mol. The number of carbonyl (C=O) groups is 2. The summed E-state index contributed by atoms with van der Waals surface area (Å²) in [4.78, 5) is 33.5. The first kappa shape index (κ1) is 19.5. The van der Waals surface area contributed by atoms with E-state index in [1.165, 1.54) is 29.3 Å². The number of aliphatic hydroxyl groups is 1. The Balaban J connectivity index is 1.82. The van der Waals surface area contributed by atoms with E-state index in [1.54, 1.807) is 4.90 Å². The summed E-state index contributed by atoms with van der Waals surface area (Å²) < 4.78 is 19.2. The van der Waals surface area contributed by atoms with Gasteiger partial charge in [0.25, 0.3) is 0 Å². The lowest BCUT2D eigenvalue weighted by atomic mass is 10.1. The van der Waals surface area contributed by atoms with E-state index in [2.05, 4.69) is 9.97 Å². The van der Waals surface area contributed by atoms with Crippen LogP contribution in [0.4, 0.5) is 15.0 Å². The molecule has 28 heavy (non-hydrogen) atoms. The van der Waals surface area contributed by atoms with Gasteiger partial charge in [0.2, 0.25) is 5.88 Å². The van der Waals surface area contributed by atoms with Crippen molar-refractivity contribution in [3.63, 3.8) is 0 Å². The van der Waals surface area contributed by atoms with Crippen molar-refractivity contribution in [3.8, 4) is 5.88 Å². The maximum Gasteiger partial charge on any atom is 0.407 e. The van der Waals surface area contributed by atoms with Crippen LogP contribution in [0, 0.1) is 5.82 Å². The summed E-state index contributed by atoms with van der Waals surface area (Å²) in [5, 5.41) is 18.8. The number of aldehydes is 1. The van der Waals surface area contributed by atoms with Gasteiger partial charge >= 0.3 is 6.09 Å². The Labute approximate surface area is 160 Å². The van der Waals surface area contributed by atoms with Gasteiger partial charge in [-0.2, -0.15) is 4.98 Å². The van der Waals surface area contributed by atoms with Gasteiger partial charge in [-0.15, -0.1) is 0 Å². The molecule has 0 aliphatic carbocycles. The SMILES string of the molecule is O=Cc1ccc(OCc2ccncc2F)nc1N1CCN(C(=O)O)CC1CO. The van der Waals surface area contributed by atoms with Gasteiger partial charge in [-0.05, 0) is 12.1 Å². The van der Waals surface area contributed by atoms with Crippen LogP contribution in [0.2, 0.25) is 0 Å². The lowest BCUT2D eigenvalue weighted by molar-refractivity contribution is 0.111. The van der Waals surface area contributed by atoms with E-state index < -0.39 is 18.0 Å². The Hall–Kier alpha value is -3.27. The summed E-state index contributed by atoms with van der Waals surface area (Å²) in [7, 11) is 0. The quantitative estimate of drug-likeness (QED) is 0.706. The number of anilines is 1. The number of hydrogen-bond donors (Lipinski definition) is 2. The topological polar surface area (TPSA) is 116 Å². The van der Waals surface area contributed by atoms with Gasteiger partial charge in [-0.3, -0.25) is 9.78 Å². The van der Waals surface area contributed by atoms with E-state index in [-0.39, 0.29) is 50.1 Å². The number of aromatic nitrogens is 2. The molecule has 1 saturated heterocycles. The molecule has 148 valence electrons. The predicted molar refractivity (Wildman–Crippen MR) is 96.0 cm³/mol. The minimum atomic E-state index is -1.07. The third-order valence-corrected chi connectivity index (χ3v) is 4.47. The Morgan fingerprint density at radius 2 is 2.18 bits per heavy atom. The zero-order valence-electron chi connectivity index (χ0n) is 14.9. The first-order valence-electron chi connectivity index (χ1n) is 8.56. The molecule has 0 bridgehead atoms. The first-order valence-corrected chi connectivity index (χ1v) is 8.56. The van der Waals surface area contributed by atoms with Crippen molar-refractivity contribution in [2.24, 2.45) is 0 Å². The molecule has 10 heteroatoms. The van der Waals surface area contributed by atoms with Crippen LogP contribution in [0.25, 0.3) is 0 Å². The third kappa shape index (κ3) is 4.17. The van der Waals surface area contributed by atoms with Gasteiger partial charge in [0.15, 0.2) is 6.29 Å². The Kier molecular flexibility index (Phi) is 5.99. The number of amides is 1. The molecule has 0 radical (unpaired) electrons. The highest BCUT2D eigenvalue weighted by atomic mass is 19.1. The summed E-state index contributed by atoms with van der Waals surface area (Å²) >= 11 is 0. The molecule has 1 amide bonds. The smallest absolute Gasteiger partial charge is 0.407 e. The molecule has 0 spiro atoms. The fourth-order valence-electron chi connectivity index (χ4n) is 2.98. The number of carbonyl (C=O) groups excluding carboxylic acids is 1. The van der Waals surface area contributed by atoms with Crippen molar-refractivity contribution in [3.05, 3.63) is 47.5 Å². The second kappa shape index (κ2) is 8.61. The first-order chi connectivity index (χ1) is 13.5. The number of carboxylic acid groups (broad SMARTS) is 1. The van der Waals surface area contributed by atoms with Crippen molar-refractivity contribution in [1.82, 2.24) is 14.9 Å². The normalized spacial score (nSPS) is 16.7. The highest BCUT2D eigenvalue weighted by molar-refractivity contribution is 5.83. The molecule has 1 aliphatic heterocycles. The van der Waals surface area contributed by atoms with Gasteiger partial charge in [-0.25, -0.2) is 9.18 Å². The average Bonchev–Trinajstić information content (AvgIpc) is 2.72. The van der Waals surface area contributed by atoms with E-state index in [1.807, 2.05) is 0 Å². The zero-order chi connectivity index (χ0) is 20.1. The zero-order valence-corrected chi connectivity index (χ0v) is 14.9. The lowest BCUT2D eigenvalue weighted by Gasteiger charge is -2.40. The number of nitrogens with zero attached hydrogens (tertiary/aromatic N) is 4. The van der Waals surface area contributed by atoms with Gasteiger partial charge in [0.1, 0.15) is 18.2 Å². The molecule has 0 saturated carbocycles. The second-order valence-electron chi connectivity index (χ2n) is 6.19. The van der Waals surface area contributed by atoms with E-state index in [0.29, 0.717) is 11.8 Å².